The van der Waals surface area contributed by atoms with Crippen LogP contribution in [0.3, 0.4) is 0 Å². The number of pyridine rings is 1. The summed E-state index contributed by atoms with van der Waals surface area (Å²) in [5.41, 5.74) is 3.51. The van der Waals surface area contributed by atoms with Crippen LogP contribution < -0.4 is 0 Å². The van der Waals surface area contributed by atoms with Crippen molar-refractivity contribution in [3.8, 4) is 11.3 Å². The minimum absolute atomic E-state index is 0.0160. The van der Waals surface area contributed by atoms with Crippen molar-refractivity contribution in [1.29, 1.82) is 0 Å². The van der Waals surface area contributed by atoms with Crippen LogP contribution in [0.15, 0.2) is 54.6 Å². The van der Waals surface area contributed by atoms with Crippen molar-refractivity contribution in [3.63, 3.8) is 0 Å². The molecule has 0 N–H and O–H groups in total. The molecule has 0 radical (unpaired) electrons. The van der Waals surface area contributed by atoms with Crippen LogP contribution in [0.5, 0.6) is 0 Å². The molecule has 1 saturated carbocycles. The lowest BCUT2D eigenvalue weighted by atomic mass is 10.0. The number of sulfone groups is 1. The van der Waals surface area contributed by atoms with Crippen molar-refractivity contribution in [2.75, 3.05) is 18.1 Å². The highest BCUT2D eigenvalue weighted by atomic mass is 32.2. The van der Waals surface area contributed by atoms with E-state index in [2.05, 4.69) is 0 Å². The second-order valence-corrected chi connectivity index (χ2v) is 11.3. The third-order valence-corrected chi connectivity index (χ3v) is 8.16. The lowest BCUT2D eigenvalue weighted by Crippen LogP contribution is -2.44. The second kappa shape index (κ2) is 8.83. The van der Waals surface area contributed by atoms with Gasteiger partial charge in [0.05, 0.1) is 28.3 Å². The summed E-state index contributed by atoms with van der Waals surface area (Å²) in [5, 5.41) is 0.665. The Labute approximate surface area is 198 Å². The highest BCUT2D eigenvalue weighted by molar-refractivity contribution is 7.91. The quantitative estimate of drug-likeness (QED) is 0.503. The molecular weight excluding hydrogens is 452 g/mol. The number of amides is 1. The fraction of sp³-hybridized carbons (Fsp3) is 0.346. The summed E-state index contributed by atoms with van der Waals surface area (Å²) in [5.74, 6) is -0.856. The molecule has 34 heavy (non-hydrogen) atoms. The summed E-state index contributed by atoms with van der Waals surface area (Å²) in [4.78, 5) is 32.5. The van der Waals surface area contributed by atoms with Gasteiger partial charge in [0, 0.05) is 23.0 Å². The number of carbonyl (C=O) groups excluding carboxylic acids is 2. The van der Waals surface area contributed by atoms with Gasteiger partial charge in [-0.25, -0.2) is 18.2 Å². The molecule has 7 nitrogen and oxygen atoms in total. The van der Waals surface area contributed by atoms with Crippen molar-refractivity contribution in [1.82, 2.24) is 9.88 Å². The molecule has 2 heterocycles. The van der Waals surface area contributed by atoms with Crippen molar-refractivity contribution < 1.29 is 22.7 Å². The third kappa shape index (κ3) is 4.68. The predicted octanol–water partition coefficient (Wildman–Crippen LogP) is 3.55. The Hall–Kier alpha value is -3.26. The topological polar surface area (TPSA) is 93.6 Å². The molecule has 176 valence electrons. The maximum atomic E-state index is 13.2. The van der Waals surface area contributed by atoms with Crippen LogP contribution in [0.25, 0.3) is 22.2 Å². The summed E-state index contributed by atoms with van der Waals surface area (Å²) < 4.78 is 29.4. The number of ether oxygens (including phenoxy) is 1. The molecule has 1 saturated heterocycles. The summed E-state index contributed by atoms with van der Waals surface area (Å²) in [6, 6.07) is 16.7. The molecule has 1 aromatic heterocycles. The molecular formula is C26H26N2O5S. The Kier molecular flexibility index (Phi) is 5.85. The van der Waals surface area contributed by atoms with Gasteiger partial charge < -0.3 is 9.64 Å². The lowest BCUT2D eigenvalue weighted by Gasteiger charge is -2.28. The number of aryl methyl sites for hydroxylation is 1. The summed E-state index contributed by atoms with van der Waals surface area (Å²) in [6.45, 7) is 1.52. The molecule has 5 rings (SSSR count). The Bertz CT molecular complexity index is 1370. The van der Waals surface area contributed by atoms with E-state index in [1.807, 2.05) is 55.5 Å². The van der Waals surface area contributed by atoms with Gasteiger partial charge in [-0.1, -0.05) is 42.0 Å². The van der Waals surface area contributed by atoms with E-state index in [0.29, 0.717) is 28.6 Å². The first kappa shape index (κ1) is 22.5. The van der Waals surface area contributed by atoms with E-state index in [4.69, 9.17) is 9.72 Å². The number of benzene rings is 2. The van der Waals surface area contributed by atoms with E-state index in [9.17, 15) is 18.0 Å². The number of esters is 1. The van der Waals surface area contributed by atoms with E-state index in [0.717, 1.165) is 24.0 Å². The van der Waals surface area contributed by atoms with Gasteiger partial charge in [-0.05, 0) is 44.4 Å². The van der Waals surface area contributed by atoms with Gasteiger partial charge in [-0.15, -0.1) is 0 Å². The van der Waals surface area contributed by atoms with Crippen molar-refractivity contribution in [2.24, 2.45) is 0 Å². The number of rotatable bonds is 6. The Balaban J connectivity index is 1.39. The van der Waals surface area contributed by atoms with Gasteiger partial charge in [0.2, 0.25) is 0 Å². The van der Waals surface area contributed by atoms with E-state index < -0.39 is 22.4 Å². The molecule has 1 atom stereocenters. The minimum atomic E-state index is -3.12. The molecule has 1 amide bonds. The molecule has 3 aromatic rings. The van der Waals surface area contributed by atoms with Gasteiger partial charge in [0.25, 0.3) is 5.91 Å². The van der Waals surface area contributed by atoms with Gasteiger partial charge in [0.15, 0.2) is 16.4 Å². The molecule has 1 unspecified atom stereocenters. The molecule has 0 spiro atoms. The van der Waals surface area contributed by atoms with Gasteiger partial charge in [-0.3, -0.25) is 4.79 Å². The normalized spacial score (nSPS) is 19.1. The summed E-state index contributed by atoms with van der Waals surface area (Å²) in [6.07, 6.45) is 2.14. The van der Waals surface area contributed by atoms with Crippen LogP contribution in [0.1, 0.15) is 35.2 Å². The summed E-state index contributed by atoms with van der Waals surface area (Å²) >= 11 is 0. The number of hydrogen-bond acceptors (Lipinski definition) is 6. The first-order valence-corrected chi connectivity index (χ1v) is 13.3. The Morgan fingerprint density at radius 2 is 1.79 bits per heavy atom. The van der Waals surface area contributed by atoms with Gasteiger partial charge >= 0.3 is 5.97 Å². The maximum Gasteiger partial charge on any atom is 0.339 e. The van der Waals surface area contributed by atoms with Crippen LogP contribution in [0.4, 0.5) is 0 Å². The van der Waals surface area contributed by atoms with Crippen LogP contribution in [-0.4, -0.2) is 60.4 Å². The monoisotopic (exact) mass is 478 g/mol. The molecule has 2 aliphatic rings. The minimum Gasteiger partial charge on any atom is -0.452 e. The highest BCUT2D eigenvalue weighted by Crippen LogP contribution is 2.32. The zero-order valence-corrected chi connectivity index (χ0v) is 19.8. The molecule has 2 fully saturated rings. The fourth-order valence-electron chi connectivity index (χ4n) is 4.60. The first-order chi connectivity index (χ1) is 16.3. The Morgan fingerprint density at radius 3 is 2.47 bits per heavy atom. The average Bonchev–Trinajstić information content (AvgIpc) is 3.59. The molecule has 0 bridgehead atoms. The smallest absolute Gasteiger partial charge is 0.339 e. The summed E-state index contributed by atoms with van der Waals surface area (Å²) in [7, 11) is -3.12. The lowest BCUT2D eigenvalue weighted by molar-refractivity contribution is -0.137. The van der Waals surface area contributed by atoms with E-state index in [-0.39, 0.29) is 29.5 Å². The number of nitrogens with zero attached hydrogens (tertiary/aromatic N) is 2. The van der Waals surface area contributed by atoms with Crippen LogP contribution >= 0.6 is 0 Å². The first-order valence-electron chi connectivity index (χ1n) is 11.5. The Morgan fingerprint density at radius 1 is 1.03 bits per heavy atom. The van der Waals surface area contributed by atoms with Crippen LogP contribution in [0, 0.1) is 6.92 Å². The molecule has 1 aliphatic heterocycles. The second-order valence-electron chi connectivity index (χ2n) is 9.11. The third-order valence-electron chi connectivity index (χ3n) is 6.41. The number of fused-ring (bicyclic) bond motifs is 1. The number of aromatic nitrogens is 1. The largest absolute Gasteiger partial charge is 0.452 e. The number of hydrogen-bond donors (Lipinski definition) is 0. The van der Waals surface area contributed by atoms with E-state index in [1.165, 1.54) is 0 Å². The maximum absolute atomic E-state index is 13.2. The highest BCUT2D eigenvalue weighted by Gasteiger charge is 2.42. The van der Waals surface area contributed by atoms with E-state index >= 15 is 0 Å². The fourth-order valence-corrected chi connectivity index (χ4v) is 6.31. The zero-order valence-electron chi connectivity index (χ0n) is 18.9. The molecule has 2 aromatic carbocycles. The zero-order chi connectivity index (χ0) is 23.9. The van der Waals surface area contributed by atoms with E-state index in [1.54, 1.807) is 11.0 Å². The van der Waals surface area contributed by atoms with Crippen molar-refractivity contribution in [3.05, 3.63) is 65.7 Å². The van der Waals surface area contributed by atoms with Gasteiger partial charge in [0.1, 0.15) is 0 Å². The predicted molar refractivity (Wildman–Crippen MR) is 129 cm³/mol. The number of carbonyl (C=O) groups is 2. The van der Waals surface area contributed by atoms with Crippen LogP contribution in [0.2, 0.25) is 0 Å². The van der Waals surface area contributed by atoms with Gasteiger partial charge in [-0.2, -0.15) is 0 Å². The van der Waals surface area contributed by atoms with Crippen molar-refractivity contribution in [2.45, 2.75) is 38.3 Å². The molecule has 1 aliphatic carbocycles. The SMILES string of the molecule is Cc1ccc2nc(-c3ccccc3)cc(C(=O)OCC(=O)N(C3CC3)C3CCS(=O)(=O)C3)c2c1. The van der Waals surface area contributed by atoms with Crippen LogP contribution in [-0.2, 0) is 19.4 Å². The standard InChI is InChI=1S/C26H26N2O5S/c1-17-7-10-23-21(13-17)22(14-24(27-23)18-5-3-2-4-6-18)26(30)33-15-25(29)28(19-8-9-19)20-11-12-34(31,32)16-20/h2-7,10,13-14,19-20H,8-9,11-12,15-16H2,1H3. The average molecular weight is 479 g/mol. The van der Waals surface area contributed by atoms with Crippen molar-refractivity contribution >= 4 is 32.6 Å². The molecule has 8 heteroatoms.